The van der Waals surface area contributed by atoms with Crippen LogP contribution in [0.15, 0.2) is 0 Å². The molecule has 1 amide bonds. The molecular weight excluding hydrogens is 238 g/mol. The van der Waals surface area contributed by atoms with Crippen molar-refractivity contribution >= 4 is 23.2 Å². The van der Waals surface area contributed by atoms with Crippen LogP contribution in [-0.4, -0.2) is 66.8 Å². The van der Waals surface area contributed by atoms with Gasteiger partial charge in [0.1, 0.15) is 5.54 Å². The molecule has 1 heterocycles. The minimum atomic E-state index is -0.579. The second-order valence-corrected chi connectivity index (χ2v) is 5.05. The first-order valence-electron chi connectivity index (χ1n) is 5.71. The maximum absolute atomic E-state index is 12.1. The lowest BCUT2D eigenvalue weighted by Crippen LogP contribution is -2.65. The number of amides is 1. The summed E-state index contributed by atoms with van der Waals surface area (Å²) < 4.78 is 4.95. The highest BCUT2D eigenvalue weighted by atomic mass is 32.1. The molecule has 0 atom stereocenters. The lowest BCUT2D eigenvalue weighted by atomic mass is 9.98. The number of methoxy groups -OCH3 is 1. The number of nitrogens with one attached hydrogen (secondary N) is 1. The Kier molecular flexibility index (Phi) is 4.70. The summed E-state index contributed by atoms with van der Waals surface area (Å²) in [6.07, 6.45) is 0. The Morgan fingerprint density at radius 3 is 2.76 bits per heavy atom. The van der Waals surface area contributed by atoms with Crippen molar-refractivity contribution in [2.75, 3.05) is 40.4 Å². The van der Waals surface area contributed by atoms with E-state index in [0.717, 1.165) is 6.54 Å². The van der Waals surface area contributed by atoms with Gasteiger partial charge in [-0.15, -0.1) is 0 Å². The predicted octanol–water partition coefficient (Wildman–Crippen LogP) is 0.0599. The average Bonchev–Trinajstić information content (AvgIpc) is 2.26. The van der Waals surface area contributed by atoms with Crippen LogP contribution in [0.2, 0.25) is 0 Å². The minimum absolute atomic E-state index is 0.0969. The number of rotatable bonds is 3. The second kappa shape index (κ2) is 5.64. The predicted molar refractivity (Wildman–Crippen MR) is 70.9 cm³/mol. The van der Waals surface area contributed by atoms with Crippen molar-refractivity contribution in [3.05, 3.63) is 0 Å². The third kappa shape index (κ3) is 3.07. The Morgan fingerprint density at radius 1 is 1.53 bits per heavy atom. The Labute approximate surface area is 108 Å². The highest BCUT2D eigenvalue weighted by molar-refractivity contribution is 7.80. The molecule has 1 rings (SSSR count). The van der Waals surface area contributed by atoms with Crippen LogP contribution in [0.3, 0.4) is 0 Å². The third-order valence-electron chi connectivity index (χ3n) is 3.03. The van der Waals surface area contributed by atoms with Crippen molar-refractivity contribution in [3.63, 3.8) is 0 Å². The molecule has 0 radical (unpaired) electrons. The number of piperazine rings is 1. The van der Waals surface area contributed by atoms with E-state index in [2.05, 4.69) is 5.32 Å². The monoisotopic (exact) mass is 259 g/mol. The zero-order valence-electron chi connectivity index (χ0n) is 10.9. The first kappa shape index (κ1) is 14.2. The van der Waals surface area contributed by atoms with Gasteiger partial charge in [-0.25, -0.2) is 0 Å². The molecule has 0 aromatic carbocycles. The summed E-state index contributed by atoms with van der Waals surface area (Å²) >= 11 is 5.32. The van der Waals surface area contributed by atoms with Crippen LogP contribution in [0, 0.1) is 0 Å². The van der Waals surface area contributed by atoms with Gasteiger partial charge < -0.3 is 19.9 Å². The summed E-state index contributed by atoms with van der Waals surface area (Å²) in [6.45, 7) is 6.52. The fourth-order valence-corrected chi connectivity index (χ4v) is 2.35. The highest BCUT2D eigenvalue weighted by Crippen LogP contribution is 2.21. The lowest BCUT2D eigenvalue weighted by Gasteiger charge is -2.46. The Bertz CT molecular complexity index is 307. The number of ether oxygens (including phenoxy) is 1. The van der Waals surface area contributed by atoms with Crippen LogP contribution in [0.4, 0.5) is 0 Å². The van der Waals surface area contributed by atoms with E-state index >= 15 is 0 Å². The SMILES string of the molecule is COCCNC(=S)N1CCN(C)C(=O)C1(C)C. The fourth-order valence-electron chi connectivity index (χ4n) is 1.92. The van der Waals surface area contributed by atoms with Crippen molar-refractivity contribution in [1.29, 1.82) is 0 Å². The van der Waals surface area contributed by atoms with E-state index in [1.54, 1.807) is 12.0 Å². The van der Waals surface area contributed by atoms with Crippen molar-refractivity contribution in [2.45, 2.75) is 19.4 Å². The maximum atomic E-state index is 12.1. The van der Waals surface area contributed by atoms with Gasteiger partial charge >= 0.3 is 0 Å². The number of nitrogens with zero attached hydrogens (tertiary/aromatic N) is 2. The third-order valence-corrected chi connectivity index (χ3v) is 3.40. The summed E-state index contributed by atoms with van der Waals surface area (Å²) in [5, 5.41) is 3.72. The molecule has 1 fully saturated rings. The molecule has 0 aliphatic carbocycles. The van der Waals surface area contributed by atoms with Gasteiger partial charge in [-0.05, 0) is 26.1 Å². The number of thiocarbonyl (C=S) groups is 1. The number of hydrogen-bond acceptors (Lipinski definition) is 3. The molecule has 0 aromatic heterocycles. The van der Waals surface area contributed by atoms with Crippen molar-refractivity contribution in [1.82, 2.24) is 15.1 Å². The van der Waals surface area contributed by atoms with E-state index < -0.39 is 5.54 Å². The number of carbonyl (C=O) groups is 1. The lowest BCUT2D eigenvalue weighted by molar-refractivity contribution is -0.143. The Balaban J connectivity index is 2.64. The first-order chi connectivity index (χ1) is 7.91. The standard InChI is InChI=1S/C11H21N3O2S/c1-11(2)9(15)13(3)6-7-14(11)10(17)12-5-8-16-4/h5-8H2,1-4H3,(H,12,17). The van der Waals surface area contributed by atoms with Gasteiger partial charge in [-0.1, -0.05) is 0 Å². The molecule has 6 heteroatoms. The summed E-state index contributed by atoms with van der Waals surface area (Å²) in [7, 11) is 3.47. The Morgan fingerprint density at radius 2 is 2.18 bits per heavy atom. The van der Waals surface area contributed by atoms with Crippen LogP contribution < -0.4 is 5.32 Å². The molecule has 1 aliphatic heterocycles. The van der Waals surface area contributed by atoms with Crippen molar-refractivity contribution in [3.8, 4) is 0 Å². The number of hydrogen-bond donors (Lipinski definition) is 1. The molecule has 98 valence electrons. The zero-order chi connectivity index (χ0) is 13.1. The van der Waals surface area contributed by atoms with Gasteiger partial charge in [-0.2, -0.15) is 0 Å². The van der Waals surface area contributed by atoms with E-state index in [1.165, 1.54) is 0 Å². The largest absolute Gasteiger partial charge is 0.383 e. The van der Waals surface area contributed by atoms with Gasteiger partial charge in [0.25, 0.3) is 0 Å². The fraction of sp³-hybridized carbons (Fsp3) is 0.818. The average molecular weight is 259 g/mol. The highest BCUT2D eigenvalue weighted by Gasteiger charge is 2.41. The molecule has 0 aromatic rings. The molecule has 0 spiro atoms. The molecule has 1 saturated heterocycles. The van der Waals surface area contributed by atoms with E-state index in [4.69, 9.17) is 17.0 Å². The smallest absolute Gasteiger partial charge is 0.247 e. The molecule has 0 bridgehead atoms. The van der Waals surface area contributed by atoms with Gasteiger partial charge in [0.05, 0.1) is 6.61 Å². The normalized spacial score (nSPS) is 19.4. The van der Waals surface area contributed by atoms with Gasteiger partial charge in [-0.3, -0.25) is 4.79 Å². The molecule has 0 unspecified atom stereocenters. The molecule has 1 aliphatic rings. The minimum Gasteiger partial charge on any atom is -0.383 e. The number of likely N-dealkylation sites (N-methyl/N-ethyl adjacent to an activating group) is 1. The summed E-state index contributed by atoms with van der Waals surface area (Å²) in [5.41, 5.74) is -0.579. The summed E-state index contributed by atoms with van der Waals surface area (Å²) in [4.78, 5) is 15.8. The Hall–Kier alpha value is -0.880. The van der Waals surface area contributed by atoms with E-state index in [-0.39, 0.29) is 5.91 Å². The topological polar surface area (TPSA) is 44.8 Å². The van der Waals surface area contributed by atoms with Gasteiger partial charge in [0.2, 0.25) is 5.91 Å². The van der Waals surface area contributed by atoms with Crippen LogP contribution in [0.25, 0.3) is 0 Å². The zero-order valence-corrected chi connectivity index (χ0v) is 11.8. The maximum Gasteiger partial charge on any atom is 0.247 e. The molecule has 1 N–H and O–H groups in total. The molecule has 0 saturated carbocycles. The second-order valence-electron chi connectivity index (χ2n) is 4.66. The van der Waals surface area contributed by atoms with Crippen LogP contribution in [0.1, 0.15) is 13.8 Å². The number of carbonyl (C=O) groups excluding carboxylic acids is 1. The quantitative estimate of drug-likeness (QED) is 0.573. The van der Waals surface area contributed by atoms with Crippen LogP contribution in [-0.2, 0) is 9.53 Å². The summed E-state index contributed by atoms with van der Waals surface area (Å²) in [5.74, 6) is 0.0969. The molecular formula is C11H21N3O2S. The van der Waals surface area contributed by atoms with E-state index in [1.807, 2.05) is 25.8 Å². The van der Waals surface area contributed by atoms with Crippen molar-refractivity contribution in [2.24, 2.45) is 0 Å². The van der Waals surface area contributed by atoms with Crippen LogP contribution in [0.5, 0.6) is 0 Å². The molecule has 17 heavy (non-hydrogen) atoms. The van der Waals surface area contributed by atoms with Crippen LogP contribution >= 0.6 is 12.2 Å². The van der Waals surface area contributed by atoms with E-state index in [0.29, 0.717) is 24.8 Å². The molecule has 5 nitrogen and oxygen atoms in total. The van der Waals surface area contributed by atoms with Gasteiger partial charge in [0.15, 0.2) is 5.11 Å². The first-order valence-corrected chi connectivity index (χ1v) is 6.12. The van der Waals surface area contributed by atoms with Gasteiger partial charge in [0, 0.05) is 33.8 Å². The van der Waals surface area contributed by atoms with E-state index in [9.17, 15) is 4.79 Å². The summed E-state index contributed by atoms with van der Waals surface area (Å²) in [6, 6.07) is 0. The van der Waals surface area contributed by atoms with Crippen molar-refractivity contribution < 1.29 is 9.53 Å².